The summed E-state index contributed by atoms with van der Waals surface area (Å²) in [5.74, 6) is 0.624. The van der Waals surface area contributed by atoms with Gasteiger partial charge in [-0.1, -0.05) is 13.8 Å². The summed E-state index contributed by atoms with van der Waals surface area (Å²) in [6.07, 6.45) is 0. The van der Waals surface area contributed by atoms with Crippen molar-refractivity contribution in [2.75, 3.05) is 6.61 Å². The molecule has 0 radical (unpaired) electrons. The van der Waals surface area contributed by atoms with Crippen LogP contribution in [0.4, 0.5) is 0 Å². The van der Waals surface area contributed by atoms with Gasteiger partial charge >= 0.3 is 0 Å². The van der Waals surface area contributed by atoms with Crippen LogP contribution in [0.2, 0.25) is 0 Å². The second kappa shape index (κ2) is 4.23. The van der Waals surface area contributed by atoms with E-state index < -0.39 is 7.65 Å². The summed E-state index contributed by atoms with van der Waals surface area (Å²) in [4.78, 5) is 0. The predicted molar refractivity (Wildman–Crippen MR) is 54.3 cm³/mol. The standard InChI is InChI=1S/C8H17ClNOP/c1-6(2)8-5-11-12(9)10(8)7(3)4/h6-8H,5H2,1-4H3/t8-,12-/m1/s1. The topological polar surface area (TPSA) is 12.5 Å². The lowest BCUT2D eigenvalue weighted by Crippen LogP contribution is -2.36. The number of hydrogen-bond donors (Lipinski definition) is 0. The molecule has 72 valence electrons. The molecule has 0 N–H and O–H groups in total. The maximum Gasteiger partial charge on any atom is 0.207 e. The first kappa shape index (κ1) is 10.7. The van der Waals surface area contributed by atoms with Crippen LogP contribution in [0.1, 0.15) is 27.7 Å². The normalized spacial score (nSPS) is 32.2. The third-order valence-corrected chi connectivity index (χ3v) is 4.47. The van der Waals surface area contributed by atoms with Crippen molar-refractivity contribution in [3.05, 3.63) is 0 Å². The maximum absolute atomic E-state index is 6.08. The first-order chi connectivity index (χ1) is 5.54. The lowest BCUT2D eigenvalue weighted by molar-refractivity contribution is 0.229. The fraction of sp³-hybridized carbons (Fsp3) is 1.00. The van der Waals surface area contributed by atoms with Gasteiger partial charge in [0, 0.05) is 12.1 Å². The molecule has 12 heavy (non-hydrogen) atoms. The van der Waals surface area contributed by atoms with Crippen LogP contribution in [-0.2, 0) is 4.52 Å². The van der Waals surface area contributed by atoms with Gasteiger partial charge in [-0.3, -0.25) is 0 Å². The van der Waals surface area contributed by atoms with Gasteiger partial charge in [0.1, 0.15) is 0 Å². The van der Waals surface area contributed by atoms with Gasteiger partial charge in [0.05, 0.1) is 6.61 Å². The fourth-order valence-electron chi connectivity index (χ4n) is 1.46. The summed E-state index contributed by atoms with van der Waals surface area (Å²) in [7, 11) is -0.834. The fourth-order valence-corrected chi connectivity index (χ4v) is 3.83. The van der Waals surface area contributed by atoms with Crippen LogP contribution in [0.25, 0.3) is 0 Å². The lowest BCUT2D eigenvalue weighted by atomic mass is 10.0. The summed E-state index contributed by atoms with van der Waals surface area (Å²) in [5.41, 5.74) is 0. The summed E-state index contributed by atoms with van der Waals surface area (Å²) in [6.45, 7) is 9.57. The molecule has 0 aliphatic carbocycles. The zero-order chi connectivity index (χ0) is 9.30. The molecule has 1 aliphatic rings. The molecule has 1 fully saturated rings. The molecule has 0 bridgehead atoms. The van der Waals surface area contributed by atoms with Crippen LogP contribution >= 0.6 is 18.9 Å². The highest BCUT2D eigenvalue weighted by atomic mass is 35.7. The largest absolute Gasteiger partial charge is 0.330 e. The van der Waals surface area contributed by atoms with Gasteiger partial charge in [-0.2, -0.15) is 0 Å². The summed E-state index contributed by atoms with van der Waals surface area (Å²) >= 11 is 6.08. The van der Waals surface area contributed by atoms with Gasteiger partial charge in [0.25, 0.3) is 0 Å². The van der Waals surface area contributed by atoms with Crippen LogP contribution in [0.3, 0.4) is 0 Å². The molecular weight excluding hydrogens is 193 g/mol. The third kappa shape index (κ3) is 2.11. The Kier molecular flexibility index (Phi) is 3.78. The lowest BCUT2D eigenvalue weighted by Gasteiger charge is -2.29. The zero-order valence-electron chi connectivity index (χ0n) is 8.12. The van der Waals surface area contributed by atoms with Crippen molar-refractivity contribution in [2.24, 2.45) is 5.92 Å². The quantitative estimate of drug-likeness (QED) is 0.648. The number of nitrogens with zero attached hydrogens (tertiary/aromatic N) is 1. The van der Waals surface area contributed by atoms with Gasteiger partial charge < -0.3 is 4.52 Å². The molecule has 0 amide bonds. The Labute approximate surface area is 80.9 Å². The van der Waals surface area contributed by atoms with E-state index in [-0.39, 0.29) is 0 Å². The van der Waals surface area contributed by atoms with Crippen molar-refractivity contribution in [1.82, 2.24) is 4.67 Å². The first-order valence-electron chi connectivity index (χ1n) is 4.41. The SMILES string of the molecule is CC(C)[C@H]1CO[P@](Cl)N1C(C)C. The molecule has 0 aromatic heterocycles. The second-order valence-corrected chi connectivity index (χ2v) is 5.85. The molecular formula is C8H17ClNOP. The highest BCUT2D eigenvalue weighted by molar-refractivity contribution is 7.78. The highest BCUT2D eigenvalue weighted by Crippen LogP contribution is 2.55. The Morgan fingerprint density at radius 2 is 2.00 bits per heavy atom. The minimum atomic E-state index is -0.834. The molecule has 0 aromatic carbocycles. The molecule has 0 saturated carbocycles. The Balaban J connectivity index is 2.64. The van der Waals surface area contributed by atoms with E-state index in [0.717, 1.165) is 6.61 Å². The van der Waals surface area contributed by atoms with E-state index in [1.54, 1.807) is 0 Å². The molecule has 1 heterocycles. The Hall–Kier alpha value is 0.640. The third-order valence-electron chi connectivity index (χ3n) is 2.17. The highest BCUT2D eigenvalue weighted by Gasteiger charge is 2.37. The van der Waals surface area contributed by atoms with Gasteiger partial charge in [-0.25, -0.2) is 4.67 Å². The predicted octanol–water partition coefficient (Wildman–Crippen LogP) is 3.22. The average molecular weight is 210 g/mol. The van der Waals surface area contributed by atoms with Gasteiger partial charge in [0.2, 0.25) is 7.65 Å². The first-order valence-corrected chi connectivity index (χ1v) is 6.53. The molecule has 1 aliphatic heterocycles. The van der Waals surface area contributed by atoms with Crippen molar-refractivity contribution in [2.45, 2.75) is 39.8 Å². The van der Waals surface area contributed by atoms with E-state index in [2.05, 4.69) is 32.4 Å². The van der Waals surface area contributed by atoms with E-state index in [9.17, 15) is 0 Å². The van der Waals surface area contributed by atoms with Crippen LogP contribution in [0.5, 0.6) is 0 Å². The van der Waals surface area contributed by atoms with Gasteiger partial charge in [0.15, 0.2) is 0 Å². The Morgan fingerprint density at radius 3 is 2.33 bits per heavy atom. The van der Waals surface area contributed by atoms with Crippen LogP contribution < -0.4 is 0 Å². The monoisotopic (exact) mass is 209 g/mol. The molecule has 0 aromatic rings. The van der Waals surface area contributed by atoms with E-state index in [0.29, 0.717) is 18.0 Å². The smallest absolute Gasteiger partial charge is 0.207 e. The maximum atomic E-state index is 6.08. The van der Waals surface area contributed by atoms with Crippen molar-refractivity contribution < 1.29 is 4.52 Å². The van der Waals surface area contributed by atoms with Crippen LogP contribution in [-0.4, -0.2) is 23.4 Å². The van der Waals surface area contributed by atoms with Crippen molar-refractivity contribution in [3.8, 4) is 0 Å². The molecule has 0 unspecified atom stereocenters. The van der Waals surface area contributed by atoms with E-state index >= 15 is 0 Å². The molecule has 2 atom stereocenters. The van der Waals surface area contributed by atoms with Crippen molar-refractivity contribution >= 4 is 18.9 Å². The van der Waals surface area contributed by atoms with Crippen molar-refractivity contribution in [1.29, 1.82) is 0 Å². The number of halogens is 1. The molecule has 0 spiro atoms. The minimum Gasteiger partial charge on any atom is -0.330 e. The van der Waals surface area contributed by atoms with Gasteiger partial charge in [-0.05, 0) is 31.0 Å². The summed E-state index contributed by atoms with van der Waals surface area (Å²) in [5, 5.41) is 0. The summed E-state index contributed by atoms with van der Waals surface area (Å²) < 4.78 is 7.75. The van der Waals surface area contributed by atoms with Crippen LogP contribution in [0, 0.1) is 5.92 Å². The van der Waals surface area contributed by atoms with E-state index in [4.69, 9.17) is 15.8 Å². The van der Waals surface area contributed by atoms with E-state index in [1.807, 2.05) is 0 Å². The molecule has 1 saturated heterocycles. The molecule has 4 heteroatoms. The second-order valence-electron chi connectivity index (χ2n) is 3.81. The van der Waals surface area contributed by atoms with E-state index in [1.165, 1.54) is 0 Å². The van der Waals surface area contributed by atoms with Crippen LogP contribution in [0.15, 0.2) is 0 Å². The zero-order valence-corrected chi connectivity index (χ0v) is 9.77. The molecule has 2 nitrogen and oxygen atoms in total. The Bertz CT molecular complexity index is 154. The molecule has 1 rings (SSSR count). The van der Waals surface area contributed by atoms with Crippen molar-refractivity contribution in [3.63, 3.8) is 0 Å². The number of rotatable bonds is 2. The summed E-state index contributed by atoms with van der Waals surface area (Å²) in [6, 6.07) is 0.997. The Morgan fingerprint density at radius 1 is 1.42 bits per heavy atom. The minimum absolute atomic E-state index is 0.489. The number of hydrogen-bond acceptors (Lipinski definition) is 2. The van der Waals surface area contributed by atoms with Gasteiger partial charge in [-0.15, -0.1) is 0 Å². The average Bonchev–Trinajstić information content (AvgIpc) is 2.30.